The molecule has 1 rings (SSSR count). The van der Waals surface area contributed by atoms with E-state index in [0.29, 0.717) is 18.9 Å². The van der Waals surface area contributed by atoms with Crippen molar-refractivity contribution < 1.29 is 9.53 Å². The molecule has 0 saturated carbocycles. The highest BCUT2D eigenvalue weighted by molar-refractivity contribution is 5.87. The molecule has 0 amide bonds. The third kappa shape index (κ3) is 3.07. The van der Waals surface area contributed by atoms with E-state index in [1.807, 2.05) is 13.8 Å². The minimum Gasteiger partial charge on any atom is -0.378 e. The Morgan fingerprint density at radius 2 is 2.36 bits per heavy atom. The molecule has 0 spiro atoms. The predicted molar refractivity (Wildman–Crippen MR) is 56.1 cm³/mol. The highest BCUT2D eigenvalue weighted by Crippen LogP contribution is 2.19. The molecule has 0 radical (unpaired) electrons. The first-order valence-corrected chi connectivity index (χ1v) is 5.50. The number of hydrogen-bond acceptors (Lipinski definition) is 3. The van der Waals surface area contributed by atoms with Crippen LogP contribution in [0.5, 0.6) is 0 Å². The highest BCUT2D eigenvalue weighted by atomic mass is 16.5. The smallest absolute Gasteiger partial charge is 0.152 e. The van der Waals surface area contributed by atoms with Crippen LogP contribution < -0.4 is 5.73 Å². The fourth-order valence-electron chi connectivity index (χ4n) is 1.65. The van der Waals surface area contributed by atoms with Gasteiger partial charge in [-0.1, -0.05) is 6.92 Å². The molecule has 0 aromatic rings. The van der Waals surface area contributed by atoms with Gasteiger partial charge in [0.05, 0.1) is 11.6 Å². The molecule has 3 nitrogen and oxygen atoms in total. The van der Waals surface area contributed by atoms with Crippen molar-refractivity contribution in [2.75, 3.05) is 6.61 Å². The summed E-state index contributed by atoms with van der Waals surface area (Å²) >= 11 is 0. The lowest BCUT2D eigenvalue weighted by Gasteiger charge is -2.21. The zero-order chi connectivity index (χ0) is 10.6. The van der Waals surface area contributed by atoms with Crippen LogP contribution in [-0.2, 0) is 9.53 Å². The maximum absolute atomic E-state index is 11.7. The summed E-state index contributed by atoms with van der Waals surface area (Å²) in [5.74, 6) is 0.163. The molecule has 2 unspecified atom stereocenters. The van der Waals surface area contributed by atoms with Gasteiger partial charge in [-0.3, -0.25) is 4.79 Å². The molecule has 3 heteroatoms. The van der Waals surface area contributed by atoms with E-state index in [-0.39, 0.29) is 5.78 Å². The zero-order valence-electron chi connectivity index (χ0n) is 9.21. The Bertz CT molecular complexity index is 195. The van der Waals surface area contributed by atoms with Gasteiger partial charge in [0.1, 0.15) is 0 Å². The number of ketones is 1. The average molecular weight is 199 g/mol. The lowest BCUT2D eigenvalue weighted by molar-refractivity contribution is -0.124. The van der Waals surface area contributed by atoms with Gasteiger partial charge in [-0.15, -0.1) is 0 Å². The van der Waals surface area contributed by atoms with Gasteiger partial charge in [-0.25, -0.2) is 0 Å². The molecule has 1 heterocycles. The monoisotopic (exact) mass is 199 g/mol. The molecule has 1 fully saturated rings. The Balaban J connectivity index is 2.26. The minimum absolute atomic E-state index is 0.163. The fraction of sp³-hybridized carbons (Fsp3) is 0.909. The second-order valence-corrected chi connectivity index (χ2v) is 4.37. The third-order valence-corrected chi connectivity index (χ3v) is 3.09. The summed E-state index contributed by atoms with van der Waals surface area (Å²) in [4.78, 5) is 11.7. The van der Waals surface area contributed by atoms with Gasteiger partial charge < -0.3 is 10.5 Å². The van der Waals surface area contributed by atoms with Gasteiger partial charge in [0.25, 0.3) is 0 Å². The summed E-state index contributed by atoms with van der Waals surface area (Å²) in [5.41, 5.74) is 5.21. The molecule has 2 atom stereocenters. The van der Waals surface area contributed by atoms with Gasteiger partial charge in [-0.05, 0) is 32.6 Å². The van der Waals surface area contributed by atoms with Gasteiger partial charge >= 0.3 is 0 Å². The molecular weight excluding hydrogens is 178 g/mol. The molecule has 0 bridgehead atoms. The van der Waals surface area contributed by atoms with Crippen LogP contribution in [0.3, 0.4) is 0 Å². The van der Waals surface area contributed by atoms with E-state index < -0.39 is 5.54 Å². The Morgan fingerprint density at radius 3 is 2.86 bits per heavy atom. The van der Waals surface area contributed by atoms with E-state index in [4.69, 9.17) is 10.5 Å². The minimum atomic E-state index is -0.640. The van der Waals surface area contributed by atoms with Crippen LogP contribution in [0.4, 0.5) is 0 Å². The van der Waals surface area contributed by atoms with Crippen LogP contribution in [0.2, 0.25) is 0 Å². The van der Waals surface area contributed by atoms with Gasteiger partial charge in [0, 0.05) is 13.0 Å². The molecule has 1 saturated heterocycles. The van der Waals surface area contributed by atoms with E-state index >= 15 is 0 Å². The van der Waals surface area contributed by atoms with Crippen LogP contribution in [0.15, 0.2) is 0 Å². The zero-order valence-corrected chi connectivity index (χ0v) is 9.21. The molecule has 0 aliphatic carbocycles. The second-order valence-electron chi connectivity index (χ2n) is 4.37. The van der Waals surface area contributed by atoms with Crippen molar-refractivity contribution >= 4 is 5.78 Å². The second kappa shape index (κ2) is 4.89. The number of hydrogen-bond donors (Lipinski definition) is 1. The Morgan fingerprint density at radius 1 is 1.64 bits per heavy atom. The van der Waals surface area contributed by atoms with Crippen molar-refractivity contribution in [3.63, 3.8) is 0 Å². The molecule has 2 N–H and O–H groups in total. The molecule has 14 heavy (non-hydrogen) atoms. The van der Waals surface area contributed by atoms with Crippen LogP contribution in [0, 0.1) is 0 Å². The number of Topliss-reactive ketones (excluding diaryl/α,β-unsaturated/α-hetero) is 1. The molecule has 0 aromatic carbocycles. The first-order valence-electron chi connectivity index (χ1n) is 5.50. The Hall–Kier alpha value is -0.410. The van der Waals surface area contributed by atoms with Gasteiger partial charge in [0.15, 0.2) is 5.78 Å². The van der Waals surface area contributed by atoms with Crippen LogP contribution in [0.1, 0.15) is 46.0 Å². The lowest BCUT2D eigenvalue weighted by Crippen LogP contribution is -2.44. The van der Waals surface area contributed by atoms with E-state index in [1.54, 1.807) is 0 Å². The normalized spacial score (nSPS) is 26.1. The van der Waals surface area contributed by atoms with E-state index in [0.717, 1.165) is 25.9 Å². The largest absolute Gasteiger partial charge is 0.378 e. The quantitative estimate of drug-likeness (QED) is 0.732. The summed E-state index contributed by atoms with van der Waals surface area (Å²) < 4.78 is 5.46. The number of carbonyl (C=O) groups is 1. The maximum Gasteiger partial charge on any atom is 0.152 e. The van der Waals surface area contributed by atoms with E-state index in [2.05, 4.69) is 0 Å². The first-order chi connectivity index (χ1) is 6.56. The van der Waals surface area contributed by atoms with Crippen molar-refractivity contribution in [1.29, 1.82) is 0 Å². The number of nitrogens with two attached hydrogens (primary N) is 1. The Labute approximate surface area is 86.0 Å². The first kappa shape index (κ1) is 11.7. The molecule has 1 aliphatic heterocycles. The van der Waals surface area contributed by atoms with Crippen LogP contribution >= 0.6 is 0 Å². The summed E-state index contributed by atoms with van der Waals surface area (Å²) in [5, 5.41) is 0. The summed E-state index contributed by atoms with van der Waals surface area (Å²) in [6.07, 6.45) is 4.63. The lowest BCUT2D eigenvalue weighted by atomic mass is 9.91. The third-order valence-electron chi connectivity index (χ3n) is 3.09. The molecular formula is C11H21NO2. The highest BCUT2D eigenvalue weighted by Gasteiger charge is 2.26. The Kier molecular flexibility index (Phi) is 4.08. The SMILES string of the molecule is CCC(C)(N)C(=O)CCC1CCCO1. The van der Waals surface area contributed by atoms with Gasteiger partial charge in [0.2, 0.25) is 0 Å². The van der Waals surface area contributed by atoms with Gasteiger partial charge in [-0.2, -0.15) is 0 Å². The average Bonchev–Trinajstić information content (AvgIpc) is 2.66. The van der Waals surface area contributed by atoms with Crippen molar-refractivity contribution in [1.82, 2.24) is 0 Å². The molecule has 0 aromatic heterocycles. The number of ether oxygens (including phenoxy) is 1. The van der Waals surface area contributed by atoms with E-state index in [9.17, 15) is 4.79 Å². The van der Waals surface area contributed by atoms with Crippen molar-refractivity contribution in [3.05, 3.63) is 0 Å². The molecule has 1 aliphatic rings. The van der Waals surface area contributed by atoms with Crippen molar-refractivity contribution in [2.24, 2.45) is 5.73 Å². The predicted octanol–water partition coefficient (Wildman–Crippen LogP) is 1.64. The maximum atomic E-state index is 11.7. The topological polar surface area (TPSA) is 52.3 Å². The molecule has 82 valence electrons. The standard InChI is InChI=1S/C11H21NO2/c1-3-11(2,12)10(13)7-6-9-5-4-8-14-9/h9H,3-8,12H2,1-2H3. The summed E-state index contributed by atoms with van der Waals surface area (Å²) in [6, 6.07) is 0. The summed E-state index contributed by atoms with van der Waals surface area (Å²) in [7, 11) is 0. The van der Waals surface area contributed by atoms with E-state index in [1.165, 1.54) is 0 Å². The summed E-state index contributed by atoms with van der Waals surface area (Å²) in [6.45, 7) is 4.61. The van der Waals surface area contributed by atoms with Crippen molar-refractivity contribution in [3.8, 4) is 0 Å². The number of rotatable bonds is 5. The van der Waals surface area contributed by atoms with Crippen molar-refractivity contribution in [2.45, 2.75) is 57.6 Å². The fourth-order valence-corrected chi connectivity index (χ4v) is 1.65. The van der Waals surface area contributed by atoms with Crippen LogP contribution in [-0.4, -0.2) is 24.0 Å². The van der Waals surface area contributed by atoms with Crippen LogP contribution in [0.25, 0.3) is 0 Å². The number of carbonyl (C=O) groups excluding carboxylic acids is 1.